The number of hydrogen-bond acceptors (Lipinski definition) is 7. The molecular formula is C14H13F2N3O6. The van der Waals surface area contributed by atoms with E-state index in [4.69, 9.17) is 5.11 Å². The number of ether oxygens (including phenoxy) is 1. The Bertz CT molecular complexity index is 757. The number of carbonyl (C=O) groups is 2. The van der Waals surface area contributed by atoms with Crippen LogP contribution in [0.2, 0.25) is 0 Å². The first-order valence-electron chi connectivity index (χ1n) is 6.92. The average molecular weight is 357 g/mol. The van der Waals surface area contributed by atoms with Crippen LogP contribution >= 0.6 is 0 Å². The molecule has 0 saturated carbocycles. The number of hydrogen-bond donors (Lipinski definition) is 2. The third-order valence-corrected chi connectivity index (χ3v) is 3.42. The van der Waals surface area contributed by atoms with Crippen LogP contribution in [-0.2, 0) is 14.3 Å². The summed E-state index contributed by atoms with van der Waals surface area (Å²) in [5.74, 6) is -4.40. The molecule has 0 aliphatic carbocycles. The molecule has 11 heteroatoms. The van der Waals surface area contributed by atoms with Gasteiger partial charge in [0.15, 0.2) is 0 Å². The van der Waals surface area contributed by atoms with Crippen LogP contribution in [0.25, 0.3) is 0 Å². The van der Waals surface area contributed by atoms with E-state index in [0.717, 1.165) is 12.0 Å². The zero-order valence-corrected chi connectivity index (χ0v) is 12.9. The largest absolute Gasteiger partial charge is 0.466 e. The lowest BCUT2D eigenvalue weighted by Crippen LogP contribution is -2.31. The number of methoxy groups -OCH3 is 1. The summed E-state index contributed by atoms with van der Waals surface area (Å²) in [6, 6.07) is 1.26. The molecular weight excluding hydrogens is 344 g/mol. The van der Waals surface area contributed by atoms with Crippen LogP contribution in [0.1, 0.15) is 0 Å². The lowest BCUT2D eigenvalue weighted by Gasteiger charge is -2.15. The molecule has 9 nitrogen and oxygen atoms in total. The molecule has 0 spiro atoms. The van der Waals surface area contributed by atoms with Gasteiger partial charge in [-0.3, -0.25) is 14.9 Å². The number of β-amino-alcohol motifs (C(OH)–C–C–N with tert-alkyl or cyclic N) is 1. The van der Waals surface area contributed by atoms with E-state index < -0.39 is 34.1 Å². The summed E-state index contributed by atoms with van der Waals surface area (Å²) < 4.78 is 31.9. The lowest BCUT2D eigenvalue weighted by atomic mass is 10.2. The van der Waals surface area contributed by atoms with Gasteiger partial charge in [0, 0.05) is 24.4 Å². The number of halogens is 2. The van der Waals surface area contributed by atoms with Crippen LogP contribution in [0.4, 0.5) is 20.2 Å². The van der Waals surface area contributed by atoms with Gasteiger partial charge in [0.1, 0.15) is 5.70 Å². The number of anilines is 1. The number of benzene rings is 1. The second kappa shape index (κ2) is 7.21. The number of aliphatic hydroxyl groups is 1. The molecule has 0 radical (unpaired) electrons. The fourth-order valence-corrected chi connectivity index (χ4v) is 2.31. The normalized spacial score (nSPS) is 14.1. The predicted octanol–water partition coefficient (Wildman–Crippen LogP) is 0.546. The first kappa shape index (κ1) is 18.3. The van der Waals surface area contributed by atoms with E-state index >= 15 is 0 Å². The second-order valence-corrected chi connectivity index (χ2v) is 4.97. The van der Waals surface area contributed by atoms with E-state index in [2.05, 4.69) is 10.1 Å². The van der Waals surface area contributed by atoms with Gasteiger partial charge in [0.2, 0.25) is 11.6 Å². The molecule has 1 aliphatic rings. The molecule has 25 heavy (non-hydrogen) atoms. The maximum absolute atomic E-state index is 13.7. The number of esters is 1. The van der Waals surface area contributed by atoms with Crippen molar-refractivity contribution in [2.45, 2.75) is 0 Å². The van der Waals surface area contributed by atoms with Gasteiger partial charge in [0.25, 0.3) is 5.91 Å². The SMILES string of the molecule is COC(=O)C1=C(Nc2cc(F)c([N+](=O)[O-])c(F)c2)C(=O)N(CCO)C1. The third-order valence-electron chi connectivity index (χ3n) is 3.42. The number of carbonyl (C=O) groups excluding carboxylic acids is 2. The number of nitrogens with one attached hydrogen (secondary N) is 1. The molecule has 1 aromatic rings. The van der Waals surface area contributed by atoms with Gasteiger partial charge in [-0.05, 0) is 0 Å². The first-order chi connectivity index (χ1) is 11.8. The zero-order chi connectivity index (χ0) is 18.7. The van der Waals surface area contributed by atoms with Crippen molar-refractivity contribution in [3.63, 3.8) is 0 Å². The Labute approximate surface area is 139 Å². The minimum atomic E-state index is -1.44. The van der Waals surface area contributed by atoms with Crippen molar-refractivity contribution in [2.24, 2.45) is 0 Å². The Morgan fingerprint density at radius 3 is 2.52 bits per heavy atom. The summed E-state index contributed by atoms with van der Waals surface area (Å²) in [6.07, 6.45) is 0. The number of rotatable bonds is 6. The smallest absolute Gasteiger partial charge is 0.340 e. The van der Waals surface area contributed by atoms with Gasteiger partial charge in [-0.15, -0.1) is 0 Å². The minimum Gasteiger partial charge on any atom is -0.466 e. The molecule has 1 heterocycles. The van der Waals surface area contributed by atoms with Crippen molar-refractivity contribution in [2.75, 3.05) is 32.1 Å². The van der Waals surface area contributed by atoms with Crippen molar-refractivity contribution in [1.82, 2.24) is 4.90 Å². The summed E-state index contributed by atoms with van der Waals surface area (Å²) in [6.45, 7) is -0.575. The van der Waals surface area contributed by atoms with Gasteiger partial charge in [0.05, 0.1) is 30.8 Å². The first-order valence-corrected chi connectivity index (χ1v) is 6.92. The van der Waals surface area contributed by atoms with E-state index in [1.54, 1.807) is 0 Å². The Balaban J connectivity index is 2.40. The molecule has 0 aromatic heterocycles. The van der Waals surface area contributed by atoms with Gasteiger partial charge in [-0.1, -0.05) is 0 Å². The Morgan fingerprint density at radius 1 is 1.44 bits per heavy atom. The predicted molar refractivity (Wildman–Crippen MR) is 79.3 cm³/mol. The lowest BCUT2D eigenvalue weighted by molar-refractivity contribution is -0.390. The summed E-state index contributed by atoms with van der Waals surface area (Å²) in [5.41, 5.74) is -2.00. The second-order valence-electron chi connectivity index (χ2n) is 4.97. The number of nitro groups is 1. The van der Waals surface area contributed by atoms with E-state index in [1.165, 1.54) is 0 Å². The maximum atomic E-state index is 13.7. The number of nitro benzene ring substituents is 1. The molecule has 2 N–H and O–H groups in total. The van der Waals surface area contributed by atoms with Crippen molar-refractivity contribution < 1.29 is 33.1 Å². The Kier molecular flexibility index (Phi) is 5.27. The van der Waals surface area contributed by atoms with Crippen LogP contribution in [-0.4, -0.2) is 53.6 Å². The van der Waals surface area contributed by atoms with E-state index in [0.29, 0.717) is 12.1 Å². The highest BCUT2D eigenvalue weighted by atomic mass is 19.1. The molecule has 1 aromatic carbocycles. The zero-order valence-electron chi connectivity index (χ0n) is 12.9. The summed E-state index contributed by atoms with van der Waals surface area (Å²) in [5, 5.41) is 21.9. The molecule has 2 rings (SSSR count). The van der Waals surface area contributed by atoms with Crippen LogP contribution in [0.5, 0.6) is 0 Å². The third kappa shape index (κ3) is 3.55. The standard InChI is InChI=1S/C14H13F2N3O6/c1-25-14(22)8-6-18(2-3-20)13(21)11(8)17-7-4-9(15)12(19(23)24)10(16)5-7/h4-5,17,20H,2-3,6H2,1H3. The van der Waals surface area contributed by atoms with E-state index in [9.17, 15) is 28.5 Å². The van der Waals surface area contributed by atoms with Gasteiger partial charge < -0.3 is 20.1 Å². The van der Waals surface area contributed by atoms with Crippen molar-refractivity contribution in [1.29, 1.82) is 0 Å². The van der Waals surface area contributed by atoms with Crippen LogP contribution in [0, 0.1) is 21.7 Å². The summed E-state index contributed by atoms with van der Waals surface area (Å²) in [7, 11) is 1.09. The minimum absolute atomic E-state index is 0.0620. The molecule has 1 aliphatic heterocycles. The monoisotopic (exact) mass is 357 g/mol. The highest BCUT2D eigenvalue weighted by Gasteiger charge is 2.35. The van der Waals surface area contributed by atoms with Gasteiger partial charge >= 0.3 is 11.7 Å². The highest BCUT2D eigenvalue weighted by Crippen LogP contribution is 2.28. The fraction of sp³-hybridized carbons (Fsp3) is 0.286. The highest BCUT2D eigenvalue weighted by molar-refractivity contribution is 6.08. The number of nitrogens with zero attached hydrogens (tertiary/aromatic N) is 2. The van der Waals surface area contributed by atoms with Crippen LogP contribution < -0.4 is 5.32 Å². The number of amides is 1. The Hall–Kier alpha value is -3.08. The molecule has 0 atom stereocenters. The van der Waals surface area contributed by atoms with Crippen molar-refractivity contribution >= 4 is 23.3 Å². The molecule has 0 unspecified atom stereocenters. The fourth-order valence-electron chi connectivity index (χ4n) is 2.31. The van der Waals surface area contributed by atoms with E-state index in [1.807, 2.05) is 0 Å². The van der Waals surface area contributed by atoms with Crippen LogP contribution in [0.15, 0.2) is 23.4 Å². The summed E-state index contributed by atoms with van der Waals surface area (Å²) >= 11 is 0. The van der Waals surface area contributed by atoms with Crippen LogP contribution in [0.3, 0.4) is 0 Å². The summed E-state index contributed by atoms with van der Waals surface area (Å²) in [4.78, 5) is 34.6. The Morgan fingerprint density at radius 2 is 2.04 bits per heavy atom. The molecule has 1 amide bonds. The van der Waals surface area contributed by atoms with Gasteiger partial charge in [-0.25, -0.2) is 4.79 Å². The van der Waals surface area contributed by atoms with Crippen molar-refractivity contribution in [3.05, 3.63) is 45.2 Å². The topological polar surface area (TPSA) is 122 Å². The molecule has 134 valence electrons. The van der Waals surface area contributed by atoms with E-state index in [-0.39, 0.29) is 36.7 Å². The van der Waals surface area contributed by atoms with Crippen molar-refractivity contribution in [3.8, 4) is 0 Å². The van der Waals surface area contributed by atoms with Gasteiger partial charge in [-0.2, -0.15) is 8.78 Å². The average Bonchev–Trinajstić information content (AvgIpc) is 2.83. The molecule has 0 saturated heterocycles. The quantitative estimate of drug-likeness (QED) is 0.433. The maximum Gasteiger partial charge on any atom is 0.340 e. The molecule has 0 bridgehead atoms. The molecule has 0 fully saturated rings. The number of aliphatic hydroxyl groups excluding tert-OH is 1.